The van der Waals surface area contributed by atoms with Crippen molar-refractivity contribution in [2.24, 2.45) is 0 Å². The van der Waals surface area contributed by atoms with Crippen molar-refractivity contribution in [1.82, 2.24) is 10.3 Å². The number of aromatic nitrogens is 1. The lowest BCUT2D eigenvalue weighted by atomic mass is 10.0. The molecule has 21 heavy (non-hydrogen) atoms. The second-order valence-corrected chi connectivity index (χ2v) is 5.52. The van der Waals surface area contributed by atoms with Crippen LogP contribution >= 0.6 is 24.8 Å². The molecule has 0 spiro atoms. The molecule has 2 aliphatic rings. The number of hydrogen-bond acceptors (Lipinski definition) is 4. The van der Waals surface area contributed by atoms with Crippen molar-refractivity contribution in [3.05, 3.63) is 23.4 Å². The highest BCUT2D eigenvalue weighted by Gasteiger charge is 2.18. The molecule has 0 saturated carbocycles. The van der Waals surface area contributed by atoms with E-state index in [-0.39, 0.29) is 24.8 Å². The average Bonchev–Trinajstić information content (AvgIpc) is 2.80. The number of nitrogens with one attached hydrogen (secondary N) is 1. The van der Waals surface area contributed by atoms with E-state index in [1.807, 2.05) is 0 Å². The van der Waals surface area contributed by atoms with E-state index in [0.717, 1.165) is 58.1 Å². The zero-order valence-corrected chi connectivity index (χ0v) is 14.1. The Kier molecular flexibility index (Phi) is 7.74. The van der Waals surface area contributed by atoms with Crippen molar-refractivity contribution in [2.45, 2.75) is 25.7 Å². The molecule has 3 rings (SSSR count). The van der Waals surface area contributed by atoms with Gasteiger partial charge in [0.1, 0.15) is 5.82 Å². The molecule has 4 nitrogen and oxygen atoms in total. The predicted octanol–water partition coefficient (Wildman–Crippen LogP) is 2.40. The summed E-state index contributed by atoms with van der Waals surface area (Å²) in [7, 11) is 0. The lowest BCUT2D eigenvalue weighted by molar-refractivity contribution is 0.152. The summed E-state index contributed by atoms with van der Waals surface area (Å²) in [4.78, 5) is 7.31. The largest absolute Gasteiger partial charge is 0.380 e. The number of rotatable bonds is 1. The first-order valence-electron chi connectivity index (χ1n) is 7.38. The minimum atomic E-state index is 0. The minimum Gasteiger partial charge on any atom is -0.380 e. The van der Waals surface area contributed by atoms with E-state index in [4.69, 9.17) is 9.72 Å². The Labute approximate surface area is 139 Å². The van der Waals surface area contributed by atoms with Gasteiger partial charge >= 0.3 is 0 Å². The fraction of sp³-hybridized carbons (Fsp3) is 0.667. The Morgan fingerprint density at radius 1 is 1.24 bits per heavy atom. The summed E-state index contributed by atoms with van der Waals surface area (Å²) in [5, 5.41) is 3.48. The van der Waals surface area contributed by atoms with Gasteiger partial charge in [-0.15, -0.1) is 24.8 Å². The van der Waals surface area contributed by atoms with Crippen LogP contribution in [0.2, 0.25) is 0 Å². The van der Waals surface area contributed by atoms with Crippen LogP contribution in [0.25, 0.3) is 0 Å². The van der Waals surface area contributed by atoms with E-state index < -0.39 is 0 Å². The van der Waals surface area contributed by atoms with Crippen molar-refractivity contribution >= 4 is 30.6 Å². The summed E-state index contributed by atoms with van der Waals surface area (Å²) >= 11 is 0. The molecule has 1 saturated heterocycles. The summed E-state index contributed by atoms with van der Waals surface area (Å²) in [6, 6.07) is 4.45. The maximum Gasteiger partial charge on any atom is 0.128 e. The van der Waals surface area contributed by atoms with Crippen molar-refractivity contribution in [3.63, 3.8) is 0 Å². The second kappa shape index (κ2) is 8.79. The van der Waals surface area contributed by atoms with Gasteiger partial charge in [-0.2, -0.15) is 0 Å². The van der Waals surface area contributed by atoms with Crippen molar-refractivity contribution in [2.75, 3.05) is 44.3 Å². The average molecular weight is 334 g/mol. The first kappa shape index (κ1) is 18.5. The number of nitrogens with zero attached hydrogens (tertiary/aromatic N) is 2. The number of fused-ring (bicyclic) bond motifs is 1. The fourth-order valence-corrected chi connectivity index (χ4v) is 2.92. The topological polar surface area (TPSA) is 37.4 Å². The van der Waals surface area contributed by atoms with Crippen LogP contribution in [0.15, 0.2) is 12.1 Å². The summed E-state index contributed by atoms with van der Waals surface area (Å²) in [6.45, 7) is 8.07. The van der Waals surface area contributed by atoms with Crippen LogP contribution in [0.4, 0.5) is 5.82 Å². The van der Waals surface area contributed by atoms with Crippen LogP contribution in [0, 0.1) is 0 Å². The summed E-state index contributed by atoms with van der Waals surface area (Å²) in [6.07, 6.45) is 2.19. The van der Waals surface area contributed by atoms with Crippen molar-refractivity contribution in [3.8, 4) is 0 Å². The normalized spacial score (nSPS) is 22.1. The second-order valence-electron chi connectivity index (χ2n) is 5.52. The van der Waals surface area contributed by atoms with Crippen molar-refractivity contribution < 1.29 is 4.74 Å². The Bertz CT molecular complexity index is 437. The van der Waals surface area contributed by atoms with E-state index in [1.54, 1.807) is 0 Å². The molecule has 0 bridgehead atoms. The highest BCUT2D eigenvalue weighted by Crippen LogP contribution is 2.24. The van der Waals surface area contributed by atoms with Crippen LogP contribution in [0.5, 0.6) is 0 Å². The van der Waals surface area contributed by atoms with Gasteiger partial charge in [0.05, 0.1) is 12.3 Å². The summed E-state index contributed by atoms with van der Waals surface area (Å²) in [5.74, 6) is 1.62. The highest BCUT2D eigenvalue weighted by atomic mass is 35.5. The number of anilines is 1. The fourth-order valence-electron chi connectivity index (χ4n) is 2.92. The Hall–Kier alpha value is -0.550. The lowest BCUT2D eigenvalue weighted by Gasteiger charge is -2.23. The van der Waals surface area contributed by atoms with Crippen LogP contribution < -0.4 is 10.2 Å². The number of halogens is 2. The van der Waals surface area contributed by atoms with Gasteiger partial charge < -0.3 is 15.0 Å². The van der Waals surface area contributed by atoms with Gasteiger partial charge in [0.2, 0.25) is 0 Å². The third-order valence-corrected chi connectivity index (χ3v) is 4.03. The number of ether oxygens (including phenoxy) is 1. The van der Waals surface area contributed by atoms with Crippen LogP contribution in [-0.2, 0) is 11.2 Å². The zero-order chi connectivity index (χ0) is 13.1. The zero-order valence-electron chi connectivity index (χ0n) is 12.5. The van der Waals surface area contributed by atoms with Gasteiger partial charge in [-0.05, 0) is 31.0 Å². The smallest absolute Gasteiger partial charge is 0.128 e. The maximum atomic E-state index is 5.52. The van der Waals surface area contributed by atoms with Crippen molar-refractivity contribution in [1.29, 1.82) is 0 Å². The molecular weight excluding hydrogens is 309 g/mol. The third-order valence-electron chi connectivity index (χ3n) is 4.03. The molecule has 1 aromatic rings. The molecule has 120 valence electrons. The maximum absolute atomic E-state index is 5.52. The monoisotopic (exact) mass is 333 g/mol. The summed E-state index contributed by atoms with van der Waals surface area (Å²) in [5.41, 5.74) is 2.69. The minimum absolute atomic E-state index is 0. The quantitative estimate of drug-likeness (QED) is 0.856. The lowest BCUT2D eigenvalue weighted by Crippen LogP contribution is -2.27. The summed E-state index contributed by atoms with van der Waals surface area (Å²) < 4.78 is 5.52. The standard InChI is InChI=1S/C15H23N3O.2ClH/c1-12-11-16-6-5-13-3-4-14(17-15(12)13)18-7-2-9-19-10-8-18;;/h3-4,12,16H,2,5-11H2,1H3;2*1H/t12-;;/m1../s1. The molecule has 6 heteroatoms. The van der Waals surface area contributed by atoms with E-state index >= 15 is 0 Å². The van der Waals surface area contributed by atoms with Crippen LogP contribution in [0.3, 0.4) is 0 Å². The van der Waals surface area contributed by atoms with E-state index in [1.165, 1.54) is 11.3 Å². The number of pyridine rings is 1. The molecule has 0 aromatic carbocycles. The molecule has 0 radical (unpaired) electrons. The molecule has 1 fully saturated rings. The van der Waals surface area contributed by atoms with E-state index in [9.17, 15) is 0 Å². The molecule has 3 heterocycles. The molecule has 1 aromatic heterocycles. The molecule has 0 amide bonds. The Morgan fingerprint density at radius 3 is 2.95 bits per heavy atom. The SMILES string of the molecule is C[C@@H]1CNCCc2ccc(N3CCCOCC3)nc21.Cl.Cl. The molecule has 2 aliphatic heterocycles. The first-order valence-corrected chi connectivity index (χ1v) is 7.38. The van der Waals surface area contributed by atoms with Gasteiger partial charge in [0.25, 0.3) is 0 Å². The van der Waals surface area contributed by atoms with Crippen LogP contribution in [0.1, 0.15) is 30.5 Å². The first-order chi connectivity index (χ1) is 9.34. The third kappa shape index (κ3) is 4.46. The predicted molar refractivity (Wildman–Crippen MR) is 91.4 cm³/mol. The highest BCUT2D eigenvalue weighted by molar-refractivity contribution is 5.85. The molecular formula is C15H25Cl2N3O. The van der Waals surface area contributed by atoms with Gasteiger partial charge in [-0.1, -0.05) is 13.0 Å². The molecule has 0 aliphatic carbocycles. The molecule has 1 N–H and O–H groups in total. The van der Waals surface area contributed by atoms with Crippen LogP contribution in [-0.4, -0.2) is 44.4 Å². The Balaban J connectivity index is 0.00000110. The molecule has 0 unspecified atom stereocenters. The van der Waals surface area contributed by atoms with Gasteiger partial charge in [0, 0.05) is 32.2 Å². The van der Waals surface area contributed by atoms with E-state index in [2.05, 4.69) is 29.3 Å². The molecule has 1 atom stereocenters. The van der Waals surface area contributed by atoms with Gasteiger partial charge in [-0.25, -0.2) is 4.98 Å². The van der Waals surface area contributed by atoms with E-state index in [0.29, 0.717) is 5.92 Å². The number of hydrogen-bond donors (Lipinski definition) is 1. The van der Waals surface area contributed by atoms with Gasteiger partial charge in [0.15, 0.2) is 0 Å². The Morgan fingerprint density at radius 2 is 2.10 bits per heavy atom. The van der Waals surface area contributed by atoms with Gasteiger partial charge in [-0.3, -0.25) is 0 Å².